The fourth-order valence-electron chi connectivity index (χ4n) is 1.28. The van der Waals surface area contributed by atoms with Crippen LogP contribution in [0.2, 0.25) is 0 Å². The number of pyridine rings is 1. The molecule has 0 atom stereocenters. The van der Waals surface area contributed by atoms with Crippen LogP contribution in [0, 0.1) is 0 Å². The summed E-state index contributed by atoms with van der Waals surface area (Å²) in [5, 5.41) is 1.73. The van der Waals surface area contributed by atoms with Crippen LogP contribution in [0.15, 0.2) is 36.7 Å². The molecule has 1 heterocycles. The highest BCUT2D eigenvalue weighted by Crippen LogP contribution is 2.23. The second kappa shape index (κ2) is 3.33. The van der Waals surface area contributed by atoms with E-state index in [0.717, 1.165) is 10.8 Å². The number of nitrogens with two attached hydrogens (primary N) is 1. The van der Waals surface area contributed by atoms with Crippen molar-refractivity contribution < 1.29 is 9.53 Å². The van der Waals surface area contributed by atoms with Gasteiger partial charge in [-0.2, -0.15) is 0 Å². The Morgan fingerprint density at radius 3 is 3.00 bits per heavy atom. The standard InChI is InChI=1S/C10H8N2O2/c11-10(13)14-9-3-1-2-7-4-5-12-6-8(7)9/h1-6H,(H2,11,13). The molecule has 0 aliphatic rings. The Hall–Kier alpha value is -2.10. The number of fused-ring (bicyclic) bond motifs is 1. The SMILES string of the molecule is NC(=O)Oc1cccc2ccncc12. The molecule has 0 radical (unpaired) electrons. The van der Waals surface area contributed by atoms with Crippen molar-refractivity contribution >= 4 is 16.9 Å². The van der Waals surface area contributed by atoms with E-state index in [1.165, 1.54) is 0 Å². The second-order valence-electron chi connectivity index (χ2n) is 2.77. The van der Waals surface area contributed by atoms with Gasteiger partial charge in [-0.25, -0.2) is 4.79 Å². The smallest absolute Gasteiger partial charge is 0.409 e. The molecule has 0 fully saturated rings. The molecule has 0 saturated carbocycles. The van der Waals surface area contributed by atoms with E-state index in [4.69, 9.17) is 10.5 Å². The van der Waals surface area contributed by atoms with Crippen LogP contribution in [0.3, 0.4) is 0 Å². The average Bonchev–Trinajstić information content (AvgIpc) is 2.18. The van der Waals surface area contributed by atoms with Crippen molar-refractivity contribution in [2.75, 3.05) is 0 Å². The highest BCUT2D eigenvalue weighted by Gasteiger charge is 2.03. The summed E-state index contributed by atoms with van der Waals surface area (Å²) in [4.78, 5) is 14.5. The number of hydrogen-bond donors (Lipinski definition) is 1. The molecule has 1 amide bonds. The van der Waals surface area contributed by atoms with E-state index in [2.05, 4.69) is 4.98 Å². The number of aromatic nitrogens is 1. The average molecular weight is 188 g/mol. The van der Waals surface area contributed by atoms with Crippen molar-refractivity contribution in [1.29, 1.82) is 0 Å². The Morgan fingerprint density at radius 1 is 1.36 bits per heavy atom. The lowest BCUT2D eigenvalue weighted by Crippen LogP contribution is -2.16. The van der Waals surface area contributed by atoms with Crippen LogP contribution < -0.4 is 10.5 Å². The Balaban J connectivity index is 2.59. The monoisotopic (exact) mass is 188 g/mol. The summed E-state index contributed by atoms with van der Waals surface area (Å²) in [6.45, 7) is 0. The summed E-state index contributed by atoms with van der Waals surface area (Å²) < 4.78 is 4.83. The summed E-state index contributed by atoms with van der Waals surface area (Å²) in [7, 11) is 0. The molecular weight excluding hydrogens is 180 g/mol. The minimum absolute atomic E-state index is 0.433. The zero-order valence-corrected chi connectivity index (χ0v) is 7.31. The first kappa shape index (κ1) is 8.50. The van der Waals surface area contributed by atoms with Crippen molar-refractivity contribution in [1.82, 2.24) is 4.98 Å². The number of primary amides is 1. The van der Waals surface area contributed by atoms with Gasteiger partial charge in [0.25, 0.3) is 0 Å². The van der Waals surface area contributed by atoms with Gasteiger partial charge in [0.1, 0.15) is 5.75 Å². The largest absolute Gasteiger partial charge is 0.410 e. The molecule has 70 valence electrons. The van der Waals surface area contributed by atoms with Crippen LogP contribution in [0.5, 0.6) is 5.75 Å². The third kappa shape index (κ3) is 1.50. The summed E-state index contributed by atoms with van der Waals surface area (Å²) in [5.74, 6) is 0.433. The molecule has 0 aliphatic carbocycles. The molecule has 14 heavy (non-hydrogen) atoms. The number of carbonyl (C=O) groups excluding carboxylic acids is 1. The van der Waals surface area contributed by atoms with Crippen molar-refractivity contribution in [3.8, 4) is 5.75 Å². The predicted molar refractivity (Wildman–Crippen MR) is 52.0 cm³/mol. The van der Waals surface area contributed by atoms with Gasteiger partial charge in [0, 0.05) is 17.8 Å². The molecule has 0 bridgehead atoms. The van der Waals surface area contributed by atoms with Crippen LogP contribution in [-0.4, -0.2) is 11.1 Å². The molecule has 2 N–H and O–H groups in total. The maximum atomic E-state index is 10.6. The van der Waals surface area contributed by atoms with E-state index in [-0.39, 0.29) is 0 Å². The van der Waals surface area contributed by atoms with Crippen LogP contribution in [-0.2, 0) is 0 Å². The second-order valence-corrected chi connectivity index (χ2v) is 2.77. The van der Waals surface area contributed by atoms with Gasteiger partial charge < -0.3 is 10.5 Å². The summed E-state index contributed by atoms with van der Waals surface area (Å²) in [6, 6.07) is 7.21. The van der Waals surface area contributed by atoms with E-state index < -0.39 is 6.09 Å². The van der Waals surface area contributed by atoms with Crippen molar-refractivity contribution in [3.63, 3.8) is 0 Å². The number of hydrogen-bond acceptors (Lipinski definition) is 3. The lowest BCUT2D eigenvalue weighted by molar-refractivity contribution is 0.211. The van der Waals surface area contributed by atoms with E-state index >= 15 is 0 Å². The maximum absolute atomic E-state index is 10.6. The van der Waals surface area contributed by atoms with Gasteiger partial charge >= 0.3 is 6.09 Å². The fourth-order valence-corrected chi connectivity index (χ4v) is 1.28. The normalized spacial score (nSPS) is 10.0. The molecule has 1 aromatic carbocycles. The van der Waals surface area contributed by atoms with E-state index in [1.807, 2.05) is 12.1 Å². The lowest BCUT2D eigenvalue weighted by Gasteiger charge is -2.03. The van der Waals surface area contributed by atoms with Gasteiger partial charge in [0.15, 0.2) is 0 Å². The first-order chi connectivity index (χ1) is 6.77. The number of carbonyl (C=O) groups is 1. The summed E-state index contributed by atoms with van der Waals surface area (Å²) >= 11 is 0. The summed E-state index contributed by atoms with van der Waals surface area (Å²) in [6.07, 6.45) is 2.49. The van der Waals surface area contributed by atoms with Crippen molar-refractivity contribution in [3.05, 3.63) is 36.7 Å². The highest BCUT2D eigenvalue weighted by molar-refractivity contribution is 5.89. The third-order valence-corrected chi connectivity index (χ3v) is 1.85. The molecule has 1 aromatic heterocycles. The van der Waals surface area contributed by atoms with Gasteiger partial charge in [0.05, 0.1) is 0 Å². The van der Waals surface area contributed by atoms with E-state index in [1.54, 1.807) is 24.5 Å². The molecular formula is C10H8N2O2. The molecule has 0 unspecified atom stereocenters. The van der Waals surface area contributed by atoms with E-state index in [0.29, 0.717) is 5.75 Å². The number of benzene rings is 1. The topological polar surface area (TPSA) is 65.2 Å². The van der Waals surface area contributed by atoms with Gasteiger partial charge in [0.2, 0.25) is 0 Å². The molecule has 4 nitrogen and oxygen atoms in total. The van der Waals surface area contributed by atoms with E-state index in [9.17, 15) is 4.79 Å². The first-order valence-electron chi connectivity index (χ1n) is 4.07. The Bertz CT molecular complexity index is 477. The molecule has 0 aliphatic heterocycles. The maximum Gasteiger partial charge on any atom is 0.409 e. The van der Waals surface area contributed by atoms with Crippen LogP contribution in [0.4, 0.5) is 4.79 Å². The predicted octanol–water partition coefficient (Wildman–Crippen LogP) is 1.69. The highest BCUT2D eigenvalue weighted by atomic mass is 16.5. The quantitative estimate of drug-likeness (QED) is 0.740. The van der Waals surface area contributed by atoms with Gasteiger partial charge in [-0.15, -0.1) is 0 Å². The van der Waals surface area contributed by atoms with Gasteiger partial charge in [-0.05, 0) is 17.5 Å². The molecule has 2 rings (SSSR count). The molecule has 0 spiro atoms. The molecule has 0 saturated heterocycles. The van der Waals surface area contributed by atoms with Crippen LogP contribution in [0.1, 0.15) is 0 Å². The zero-order valence-electron chi connectivity index (χ0n) is 7.31. The zero-order chi connectivity index (χ0) is 9.97. The lowest BCUT2D eigenvalue weighted by atomic mass is 10.2. The van der Waals surface area contributed by atoms with Crippen molar-refractivity contribution in [2.24, 2.45) is 5.73 Å². The molecule has 4 heteroatoms. The van der Waals surface area contributed by atoms with Crippen LogP contribution >= 0.6 is 0 Å². The van der Waals surface area contributed by atoms with Crippen LogP contribution in [0.25, 0.3) is 10.8 Å². The Morgan fingerprint density at radius 2 is 2.21 bits per heavy atom. The first-order valence-corrected chi connectivity index (χ1v) is 4.07. The minimum Gasteiger partial charge on any atom is -0.410 e. The number of rotatable bonds is 1. The van der Waals surface area contributed by atoms with Crippen molar-refractivity contribution in [2.45, 2.75) is 0 Å². The fraction of sp³-hybridized carbons (Fsp3) is 0. The number of nitrogens with zero attached hydrogens (tertiary/aromatic N) is 1. The number of amides is 1. The Kier molecular flexibility index (Phi) is 2.02. The van der Waals surface area contributed by atoms with Gasteiger partial charge in [-0.3, -0.25) is 4.98 Å². The minimum atomic E-state index is -0.818. The van der Waals surface area contributed by atoms with Gasteiger partial charge in [-0.1, -0.05) is 12.1 Å². The Labute approximate surface area is 80.3 Å². The third-order valence-electron chi connectivity index (χ3n) is 1.85. The summed E-state index contributed by atoms with van der Waals surface area (Å²) in [5.41, 5.74) is 4.93. The molecule has 2 aromatic rings. The number of ether oxygens (including phenoxy) is 1.